The second kappa shape index (κ2) is 8.74. The molecule has 0 heterocycles. The molecule has 0 radical (unpaired) electrons. The van der Waals surface area contributed by atoms with Gasteiger partial charge in [-0.15, -0.1) is 0 Å². The average molecular weight is 301 g/mol. The molecule has 0 fully saturated rings. The molecule has 0 atom stereocenters. The third kappa shape index (κ3) is 7.82. The summed E-state index contributed by atoms with van der Waals surface area (Å²) in [6, 6.07) is 0. The summed E-state index contributed by atoms with van der Waals surface area (Å²) in [5.74, 6) is 0. The van der Waals surface area contributed by atoms with Gasteiger partial charge in [-0.1, -0.05) is 0 Å². The molecule has 0 aliphatic heterocycles. The quantitative estimate of drug-likeness (QED) is 0.547. The maximum Gasteiger partial charge on any atom is 0.210 e. The number of carbonyl (C=O) groups excluding carboxylic acids is 1. The first-order chi connectivity index (χ1) is 9.53. The third-order valence-electron chi connectivity index (χ3n) is 3.74. The van der Waals surface area contributed by atoms with Gasteiger partial charge in [0.2, 0.25) is 6.41 Å². The molecule has 0 saturated carbocycles. The third-order valence-corrected chi connectivity index (χ3v) is 3.74. The largest absolute Gasteiger partial charge is 0.379 e. The van der Waals surface area contributed by atoms with Crippen molar-refractivity contribution in [2.45, 2.75) is 91.5 Å². The fraction of sp³-hybridized carbons (Fsp3) is 0.941. The Morgan fingerprint density at radius 1 is 0.857 bits per heavy atom. The highest BCUT2D eigenvalue weighted by Crippen LogP contribution is 2.29. The lowest BCUT2D eigenvalue weighted by Gasteiger charge is -2.46. The summed E-state index contributed by atoms with van der Waals surface area (Å²) in [5, 5.41) is 0. The number of carbonyl (C=O) groups is 1. The highest BCUT2D eigenvalue weighted by atomic mass is 16.5. The zero-order valence-electron chi connectivity index (χ0n) is 15.2. The van der Waals surface area contributed by atoms with E-state index < -0.39 is 0 Å². The molecule has 0 rings (SSSR count). The van der Waals surface area contributed by atoms with E-state index in [4.69, 9.17) is 9.47 Å². The van der Waals surface area contributed by atoms with E-state index in [0.29, 0.717) is 13.2 Å². The van der Waals surface area contributed by atoms with Crippen LogP contribution < -0.4 is 0 Å². The van der Waals surface area contributed by atoms with Crippen LogP contribution in [-0.4, -0.2) is 47.8 Å². The van der Waals surface area contributed by atoms with E-state index in [9.17, 15) is 4.79 Å². The Morgan fingerprint density at radius 2 is 1.19 bits per heavy atom. The maximum atomic E-state index is 11.6. The SMILES string of the molecule is CC(C)OCCC(C)(C)N(C=O)C(C)(C)CCOC(C)C. The van der Waals surface area contributed by atoms with Crippen molar-refractivity contribution in [3.05, 3.63) is 0 Å². The lowest BCUT2D eigenvalue weighted by molar-refractivity contribution is -0.132. The van der Waals surface area contributed by atoms with E-state index in [1.807, 2.05) is 32.6 Å². The summed E-state index contributed by atoms with van der Waals surface area (Å²) in [6.07, 6.45) is 3.04. The molecule has 21 heavy (non-hydrogen) atoms. The van der Waals surface area contributed by atoms with E-state index in [0.717, 1.165) is 19.3 Å². The Labute approximate surface area is 131 Å². The standard InChI is InChI=1S/C17H35NO3/c1-14(2)20-11-9-16(5,6)18(13-19)17(7,8)10-12-21-15(3)4/h13-15H,9-12H2,1-8H3. The molecule has 0 aromatic carbocycles. The van der Waals surface area contributed by atoms with Gasteiger partial charge in [0.15, 0.2) is 0 Å². The van der Waals surface area contributed by atoms with Crippen LogP contribution in [0.15, 0.2) is 0 Å². The van der Waals surface area contributed by atoms with Gasteiger partial charge >= 0.3 is 0 Å². The summed E-state index contributed by atoms with van der Waals surface area (Å²) in [7, 11) is 0. The van der Waals surface area contributed by atoms with Crippen LogP contribution >= 0.6 is 0 Å². The molecule has 1 amide bonds. The summed E-state index contributed by atoms with van der Waals surface area (Å²) in [4.78, 5) is 13.5. The van der Waals surface area contributed by atoms with Crippen LogP contribution in [0.4, 0.5) is 0 Å². The van der Waals surface area contributed by atoms with Gasteiger partial charge in [0.25, 0.3) is 0 Å². The van der Waals surface area contributed by atoms with Crippen molar-refractivity contribution in [1.82, 2.24) is 4.90 Å². The lowest BCUT2D eigenvalue weighted by atomic mass is 9.89. The Kier molecular flexibility index (Phi) is 8.49. The van der Waals surface area contributed by atoms with Crippen LogP contribution in [0.25, 0.3) is 0 Å². The smallest absolute Gasteiger partial charge is 0.210 e. The Balaban J connectivity index is 4.65. The minimum absolute atomic E-state index is 0.220. The lowest BCUT2D eigenvalue weighted by Crippen LogP contribution is -2.55. The van der Waals surface area contributed by atoms with Crippen molar-refractivity contribution >= 4 is 6.41 Å². The van der Waals surface area contributed by atoms with E-state index >= 15 is 0 Å². The minimum atomic E-state index is -0.238. The molecular weight excluding hydrogens is 266 g/mol. The molecule has 0 aromatic rings. The van der Waals surface area contributed by atoms with Gasteiger partial charge in [-0.3, -0.25) is 4.79 Å². The second-order valence-electron chi connectivity index (χ2n) is 7.44. The Morgan fingerprint density at radius 3 is 1.43 bits per heavy atom. The van der Waals surface area contributed by atoms with Crippen molar-refractivity contribution in [3.8, 4) is 0 Å². The van der Waals surface area contributed by atoms with E-state index in [-0.39, 0.29) is 23.3 Å². The van der Waals surface area contributed by atoms with Gasteiger partial charge in [-0.05, 0) is 68.2 Å². The molecule has 0 aromatic heterocycles. The van der Waals surface area contributed by atoms with Gasteiger partial charge in [0.1, 0.15) is 0 Å². The zero-order chi connectivity index (χ0) is 16.7. The second-order valence-corrected chi connectivity index (χ2v) is 7.44. The number of hydrogen-bond acceptors (Lipinski definition) is 3. The molecule has 4 nitrogen and oxygen atoms in total. The molecule has 0 bridgehead atoms. The van der Waals surface area contributed by atoms with Crippen molar-refractivity contribution in [2.75, 3.05) is 13.2 Å². The highest BCUT2D eigenvalue weighted by Gasteiger charge is 2.36. The van der Waals surface area contributed by atoms with Crippen molar-refractivity contribution < 1.29 is 14.3 Å². The van der Waals surface area contributed by atoms with Crippen LogP contribution in [0, 0.1) is 0 Å². The molecule has 0 aliphatic rings. The predicted molar refractivity (Wildman–Crippen MR) is 87.5 cm³/mol. The number of amides is 1. The summed E-state index contributed by atoms with van der Waals surface area (Å²) >= 11 is 0. The molecule has 0 unspecified atom stereocenters. The first-order valence-electron chi connectivity index (χ1n) is 8.01. The number of hydrogen-bond donors (Lipinski definition) is 0. The van der Waals surface area contributed by atoms with Gasteiger partial charge < -0.3 is 14.4 Å². The van der Waals surface area contributed by atoms with Crippen LogP contribution in [0.2, 0.25) is 0 Å². The van der Waals surface area contributed by atoms with Gasteiger partial charge in [-0.25, -0.2) is 0 Å². The first-order valence-corrected chi connectivity index (χ1v) is 8.01. The summed E-state index contributed by atoms with van der Waals surface area (Å²) < 4.78 is 11.3. The van der Waals surface area contributed by atoms with E-state index in [1.54, 1.807) is 0 Å². The molecule has 0 aliphatic carbocycles. The Hall–Kier alpha value is -0.610. The Bertz CT molecular complexity index is 272. The molecule has 0 saturated heterocycles. The van der Waals surface area contributed by atoms with Crippen molar-refractivity contribution in [1.29, 1.82) is 0 Å². The minimum Gasteiger partial charge on any atom is -0.379 e. The van der Waals surface area contributed by atoms with Crippen molar-refractivity contribution in [2.24, 2.45) is 0 Å². The zero-order valence-corrected chi connectivity index (χ0v) is 15.2. The molecule has 0 spiro atoms. The number of rotatable bonds is 11. The molecule has 4 heteroatoms. The molecule has 126 valence electrons. The van der Waals surface area contributed by atoms with E-state index in [2.05, 4.69) is 27.7 Å². The number of nitrogens with zero attached hydrogens (tertiary/aromatic N) is 1. The van der Waals surface area contributed by atoms with Crippen LogP contribution in [0.3, 0.4) is 0 Å². The monoisotopic (exact) mass is 301 g/mol. The van der Waals surface area contributed by atoms with Crippen LogP contribution in [0.1, 0.15) is 68.2 Å². The fourth-order valence-corrected chi connectivity index (χ4v) is 2.43. The maximum absolute atomic E-state index is 11.6. The average Bonchev–Trinajstić information content (AvgIpc) is 2.26. The van der Waals surface area contributed by atoms with Crippen LogP contribution in [0.5, 0.6) is 0 Å². The van der Waals surface area contributed by atoms with E-state index in [1.165, 1.54) is 0 Å². The van der Waals surface area contributed by atoms with Gasteiger partial charge in [0.05, 0.1) is 12.2 Å². The predicted octanol–water partition coefficient (Wildman–Crippen LogP) is 3.63. The molecular formula is C17H35NO3. The van der Waals surface area contributed by atoms with Gasteiger partial charge in [-0.2, -0.15) is 0 Å². The topological polar surface area (TPSA) is 38.8 Å². The summed E-state index contributed by atoms with van der Waals surface area (Å²) in [6.45, 7) is 17.8. The number of ether oxygens (including phenoxy) is 2. The summed E-state index contributed by atoms with van der Waals surface area (Å²) in [5.41, 5.74) is -0.476. The fourth-order valence-electron chi connectivity index (χ4n) is 2.43. The van der Waals surface area contributed by atoms with Gasteiger partial charge in [0, 0.05) is 24.3 Å². The highest BCUT2D eigenvalue weighted by molar-refractivity contribution is 5.50. The molecule has 0 N–H and O–H groups in total. The normalized spacial score (nSPS) is 13.0. The van der Waals surface area contributed by atoms with Crippen molar-refractivity contribution in [3.63, 3.8) is 0 Å². The first kappa shape index (κ1) is 20.4. The van der Waals surface area contributed by atoms with Crippen LogP contribution in [-0.2, 0) is 14.3 Å².